The molecular formula is C14H14N2O4. The van der Waals surface area contributed by atoms with E-state index in [0.29, 0.717) is 17.2 Å². The molecule has 0 atom stereocenters. The quantitative estimate of drug-likeness (QED) is 0.922. The van der Waals surface area contributed by atoms with Crippen molar-refractivity contribution in [2.45, 2.75) is 13.8 Å². The minimum atomic E-state index is -1.07. The van der Waals surface area contributed by atoms with Crippen LogP contribution >= 0.6 is 0 Å². The van der Waals surface area contributed by atoms with Crippen molar-refractivity contribution in [3.63, 3.8) is 0 Å². The van der Waals surface area contributed by atoms with Crippen molar-refractivity contribution in [1.29, 1.82) is 0 Å². The molecule has 0 bridgehead atoms. The van der Waals surface area contributed by atoms with Crippen LogP contribution in [0.4, 0.5) is 0 Å². The molecule has 2 aromatic rings. The van der Waals surface area contributed by atoms with Crippen molar-refractivity contribution >= 4 is 5.97 Å². The number of carboxylic acid groups (broad SMARTS) is 1. The van der Waals surface area contributed by atoms with Gasteiger partial charge < -0.3 is 14.6 Å². The molecule has 0 saturated carbocycles. The van der Waals surface area contributed by atoms with Gasteiger partial charge in [-0.1, -0.05) is 6.07 Å². The second-order valence-electron chi connectivity index (χ2n) is 4.21. The second-order valence-corrected chi connectivity index (χ2v) is 4.21. The lowest BCUT2D eigenvalue weighted by molar-refractivity contribution is 0.0695. The molecule has 1 aromatic carbocycles. The average molecular weight is 274 g/mol. The second kappa shape index (κ2) is 5.56. The molecule has 6 heteroatoms. The molecule has 0 fully saturated rings. The largest absolute Gasteiger partial charge is 0.493 e. The third kappa shape index (κ3) is 2.85. The Bertz CT molecular complexity index is 656. The average Bonchev–Trinajstić information content (AvgIpc) is 2.40. The third-order valence-corrected chi connectivity index (χ3v) is 2.71. The van der Waals surface area contributed by atoms with E-state index in [4.69, 9.17) is 14.6 Å². The molecular weight excluding hydrogens is 260 g/mol. The predicted octanol–water partition coefficient (Wildman–Crippen LogP) is 2.59. The zero-order valence-corrected chi connectivity index (χ0v) is 11.4. The normalized spacial score (nSPS) is 10.2. The summed E-state index contributed by atoms with van der Waals surface area (Å²) in [6.45, 7) is 3.53. The molecule has 0 aliphatic rings. The summed E-state index contributed by atoms with van der Waals surface area (Å²) in [5, 5.41) is 8.92. The Labute approximate surface area is 116 Å². The fourth-order valence-corrected chi connectivity index (χ4v) is 1.66. The van der Waals surface area contributed by atoms with Crippen molar-refractivity contribution in [1.82, 2.24) is 9.97 Å². The first kappa shape index (κ1) is 13.8. The number of ether oxygens (including phenoxy) is 2. The summed E-state index contributed by atoms with van der Waals surface area (Å²) >= 11 is 0. The number of rotatable bonds is 4. The number of carboxylic acids is 1. The maximum atomic E-state index is 10.9. The Balaban J connectivity index is 2.31. The van der Waals surface area contributed by atoms with Gasteiger partial charge in [-0.05, 0) is 31.5 Å². The number of hydrogen-bond acceptors (Lipinski definition) is 5. The summed E-state index contributed by atoms with van der Waals surface area (Å²) in [7, 11) is 1.54. The third-order valence-electron chi connectivity index (χ3n) is 2.71. The van der Waals surface area contributed by atoms with Crippen LogP contribution in [0.2, 0.25) is 0 Å². The van der Waals surface area contributed by atoms with Gasteiger partial charge in [-0.25, -0.2) is 9.78 Å². The predicted molar refractivity (Wildman–Crippen MR) is 71.5 cm³/mol. The monoisotopic (exact) mass is 274 g/mol. The maximum absolute atomic E-state index is 10.9. The first-order valence-corrected chi connectivity index (χ1v) is 5.90. The number of aryl methyl sites for hydroxylation is 2. The minimum Gasteiger partial charge on any atom is -0.493 e. The van der Waals surface area contributed by atoms with Crippen LogP contribution in [0.5, 0.6) is 17.5 Å². The van der Waals surface area contributed by atoms with Gasteiger partial charge in [0.2, 0.25) is 0 Å². The van der Waals surface area contributed by atoms with Crippen LogP contribution < -0.4 is 9.47 Å². The van der Waals surface area contributed by atoms with Gasteiger partial charge in [0.25, 0.3) is 0 Å². The van der Waals surface area contributed by atoms with Crippen LogP contribution in [0.3, 0.4) is 0 Å². The van der Waals surface area contributed by atoms with E-state index in [1.807, 2.05) is 19.1 Å². The Kier molecular flexibility index (Phi) is 3.84. The molecule has 0 radical (unpaired) electrons. The summed E-state index contributed by atoms with van der Waals surface area (Å²) in [6.07, 6.45) is 1.22. The van der Waals surface area contributed by atoms with Gasteiger partial charge in [0.1, 0.15) is 0 Å². The van der Waals surface area contributed by atoms with E-state index in [0.717, 1.165) is 5.56 Å². The summed E-state index contributed by atoms with van der Waals surface area (Å²) < 4.78 is 10.7. The standard InChI is InChI=1S/C14H14N2O4/c1-8-4-5-11(12(6-8)19-3)20-14-15-7-10(13(17)18)9(2)16-14/h4-7H,1-3H3,(H,17,18). The Morgan fingerprint density at radius 2 is 2.00 bits per heavy atom. The van der Waals surface area contributed by atoms with E-state index < -0.39 is 5.97 Å². The highest BCUT2D eigenvalue weighted by atomic mass is 16.5. The van der Waals surface area contributed by atoms with Gasteiger partial charge in [0, 0.05) is 6.20 Å². The lowest BCUT2D eigenvalue weighted by Gasteiger charge is -2.10. The van der Waals surface area contributed by atoms with E-state index >= 15 is 0 Å². The van der Waals surface area contributed by atoms with Gasteiger partial charge in [0.15, 0.2) is 11.5 Å². The lowest BCUT2D eigenvalue weighted by Crippen LogP contribution is -2.04. The van der Waals surface area contributed by atoms with Crippen LogP contribution in [0, 0.1) is 13.8 Å². The van der Waals surface area contributed by atoms with E-state index in [-0.39, 0.29) is 11.6 Å². The highest BCUT2D eigenvalue weighted by molar-refractivity contribution is 5.88. The number of aromatic nitrogens is 2. The van der Waals surface area contributed by atoms with E-state index in [2.05, 4.69) is 9.97 Å². The number of benzene rings is 1. The minimum absolute atomic E-state index is 0.0493. The van der Waals surface area contributed by atoms with Gasteiger partial charge in [-0.2, -0.15) is 4.98 Å². The molecule has 1 heterocycles. The van der Waals surface area contributed by atoms with E-state index in [1.54, 1.807) is 20.1 Å². The molecule has 0 aliphatic heterocycles. The molecule has 0 amide bonds. The van der Waals surface area contributed by atoms with Gasteiger partial charge in [0.05, 0.1) is 18.4 Å². The number of hydrogen-bond donors (Lipinski definition) is 1. The molecule has 0 unspecified atom stereocenters. The van der Waals surface area contributed by atoms with Crippen molar-refractivity contribution in [3.8, 4) is 17.5 Å². The van der Waals surface area contributed by atoms with E-state index in [9.17, 15) is 4.79 Å². The number of nitrogens with zero attached hydrogens (tertiary/aromatic N) is 2. The van der Waals surface area contributed by atoms with Crippen molar-refractivity contribution < 1.29 is 19.4 Å². The SMILES string of the molecule is COc1cc(C)ccc1Oc1ncc(C(=O)O)c(C)n1. The zero-order valence-electron chi connectivity index (χ0n) is 11.4. The molecule has 0 aliphatic carbocycles. The molecule has 1 N–H and O–H groups in total. The highest BCUT2D eigenvalue weighted by Gasteiger charge is 2.12. The first-order valence-electron chi connectivity index (χ1n) is 5.90. The zero-order chi connectivity index (χ0) is 14.7. The Morgan fingerprint density at radius 1 is 1.25 bits per heavy atom. The molecule has 0 spiro atoms. The number of carbonyl (C=O) groups is 1. The number of methoxy groups -OCH3 is 1. The van der Waals surface area contributed by atoms with Crippen molar-refractivity contribution in [3.05, 3.63) is 41.2 Å². The van der Waals surface area contributed by atoms with Gasteiger partial charge in [-0.3, -0.25) is 0 Å². The Morgan fingerprint density at radius 3 is 2.60 bits per heavy atom. The van der Waals surface area contributed by atoms with Crippen LogP contribution in [0.25, 0.3) is 0 Å². The molecule has 6 nitrogen and oxygen atoms in total. The lowest BCUT2D eigenvalue weighted by atomic mass is 10.2. The van der Waals surface area contributed by atoms with Crippen molar-refractivity contribution in [2.75, 3.05) is 7.11 Å². The fraction of sp³-hybridized carbons (Fsp3) is 0.214. The van der Waals surface area contributed by atoms with Gasteiger partial charge >= 0.3 is 12.0 Å². The highest BCUT2D eigenvalue weighted by Crippen LogP contribution is 2.30. The van der Waals surface area contributed by atoms with Crippen molar-refractivity contribution in [2.24, 2.45) is 0 Å². The molecule has 2 rings (SSSR count). The van der Waals surface area contributed by atoms with Crippen LogP contribution in [0.15, 0.2) is 24.4 Å². The maximum Gasteiger partial charge on any atom is 0.339 e. The number of aromatic carboxylic acids is 1. The summed E-state index contributed by atoms with van der Waals surface area (Å²) in [6, 6.07) is 5.52. The van der Waals surface area contributed by atoms with Crippen LogP contribution in [0.1, 0.15) is 21.6 Å². The molecule has 20 heavy (non-hydrogen) atoms. The summed E-state index contributed by atoms with van der Waals surface area (Å²) in [4.78, 5) is 18.8. The first-order chi connectivity index (χ1) is 9.51. The topological polar surface area (TPSA) is 81.5 Å². The van der Waals surface area contributed by atoms with Crippen LogP contribution in [-0.4, -0.2) is 28.2 Å². The summed E-state index contributed by atoms with van der Waals surface area (Å²) in [5.74, 6) is -0.0314. The molecule has 0 saturated heterocycles. The summed E-state index contributed by atoms with van der Waals surface area (Å²) in [5.41, 5.74) is 1.43. The fourth-order valence-electron chi connectivity index (χ4n) is 1.66. The van der Waals surface area contributed by atoms with E-state index in [1.165, 1.54) is 6.20 Å². The molecule has 104 valence electrons. The van der Waals surface area contributed by atoms with Gasteiger partial charge in [-0.15, -0.1) is 0 Å². The smallest absolute Gasteiger partial charge is 0.339 e. The molecule has 1 aromatic heterocycles. The van der Waals surface area contributed by atoms with Crippen LogP contribution in [-0.2, 0) is 0 Å². The Hall–Kier alpha value is -2.63.